The Morgan fingerprint density at radius 1 is 1.50 bits per heavy atom. The molecule has 0 heterocycles. The summed E-state index contributed by atoms with van der Waals surface area (Å²) in [6, 6.07) is 0. The second-order valence-electron chi connectivity index (χ2n) is 1.94. The van der Waals surface area contributed by atoms with Crippen molar-refractivity contribution >= 4 is 0 Å². The number of aliphatic hydroxyl groups is 4. The van der Waals surface area contributed by atoms with Crippen molar-refractivity contribution in [2.45, 2.75) is 19.1 Å². The van der Waals surface area contributed by atoms with Crippen molar-refractivity contribution < 1.29 is 42.7 Å². The Kier molecular flexibility index (Phi) is 6.46. The third-order valence-corrected chi connectivity index (χ3v) is 0.741. The zero-order chi connectivity index (χ0) is 7.49. The van der Waals surface area contributed by atoms with E-state index in [0.717, 1.165) is 5.32 Å². The van der Waals surface area contributed by atoms with Crippen molar-refractivity contribution in [3.63, 3.8) is 0 Å². The molecule has 0 aromatic heterocycles. The van der Waals surface area contributed by atoms with Crippen molar-refractivity contribution in [3.8, 4) is 0 Å². The first kappa shape index (κ1) is 12.9. The molecule has 1 atom stereocenters. The largest absolute Gasteiger partial charge is 1.00 e. The molecule has 0 amide bonds. The Labute approximate surface area is 69.1 Å². The first-order chi connectivity index (χ1) is 3.98. The fraction of sp³-hybridized carbons (Fsp3) is 1.00. The van der Waals surface area contributed by atoms with Gasteiger partial charge >= 0.3 is 5.91 Å². The second kappa shape index (κ2) is 5.00. The summed E-state index contributed by atoms with van der Waals surface area (Å²) in [5.74, 6) is -2.26. The van der Waals surface area contributed by atoms with E-state index < -0.39 is 18.7 Å². The third-order valence-electron chi connectivity index (χ3n) is 0.741. The molecular weight excluding hydrogens is 206 g/mol. The van der Waals surface area contributed by atoms with Crippen LogP contribution in [-0.2, 0) is 0 Å². The van der Waals surface area contributed by atoms with Crippen LogP contribution < -0.4 is 22.3 Å². The van der Waals surface area contributed by atoms with Gasteiger partial charge in [0.25, 0.3) is 0 Å². The fourth-order valence-electron chi connectivity index (χ4n) is 0.439. The van der Waals surface area contributed by atoms with Gasteiger partial charge in [-0.25, -0.2) is 0 Å². The van der Waals surface area contributed by atoms with E-state index in [1.54, 1.807) is 0 Å². The smallest absolute Gasteiger partial charge is 0.337 e. The number of halogens is 1. The van der Waals surface area contributed by atoms with Crippen LogP contribution in [0, 0.1) is 0 Å². The highest BCUT2D eigenvalue weighted by molar-refractivity contribution is 4.37. The quantitative estimate of drug-likeness (QED) is 0.304. The molecular formula is C4H12BrNO4. The Balaban J connectivity index is 0. The average molecular weight is 218 g/mol. The van der Waals surface area contributed by atoms with E-state index in [1.165, 1.54) is 6.92 Å². The highest BCUT2D eigenvalue weighted by atomic mass is 79.9. The van der Waals surface area contributed by atoms with Crippen LogP contribution in [0.5, 0.6) is 0 Å². The summed E-state index contributed by atoms with van der Waals surface area (Å²) < 4.78 is 0. The van der Waals surface area contributed by atoms with Crippen LogP contribution in [0.25, 0.3) is 0 Å². The lowest BCUT2D eigenvalue weighted by atomic mass is 10.5. The van der Waals surface area contributed by atoms with Crippen molar-refractivity contribution in [2.24, 2.45) is 0 Å². The van der Waals surface area contributed by atoms with Gasteiger partial charge in [0.2, 0.25) is 0 Å². The summed E-state index contributed by atoms with van der Waals surface area (Å²) in [5.41, 5.74) is 0. The van der Waals surface area contributed by atoms with Crippen molar-refractivity contribution in [1.29, 1.82) is 0 Å². The Morgan fingerprint density at radius 2 is 1.90 bits per heavy atom. The van der Waals surface area contributed by atoms with Gasteiger partial charge in [-0.1, -0.05) is 0 Å². The number of hydrogen-bond acceptors (Lipinski definition) is 4. The van der Waals surface area contributed by atoms with Gasteiger partial charge in [-0.05, 0) is 0 Å². The van der Waals surface area contributed by atoms with Gasteiger partial charge in [0.1, 0.15) is 0 Å². The van der Waals surface area contributed by atoms with Crippen molar-refractivity contribution in [1.82, 2.24) is 0 Å². The van der Waals surface area contributed by atoms with E-state index >= 15 is 0 Å². The van der Waals surface area contributed by atoms with Crippen LogP contribution in [-0.4, -0.2) is 39.2 Å². The van der Waals surface area contributed by atoms with Crippen molar-refractivity contribution in [3.05, 3.63) is 0 Å². The molecule has 0 saturated heterocycles. The maximum Gasteiger partial charge on any atom is 0.337 e. The van der Waals surface area contributed by atoms with Gasteiger partial charge in [-0.2, -0.15) is 0 Å². The molecule has 6 N–H and O–H groups in total. The van der Waals surface area contributed by atoms with E-state index in [0.29, 0.717) is 0 Å². The molecule has 0 aromatic carbocycles. The number of quaternary nitrogens is 1. The SMILES string of the molecule is CC(O)[NH2+]C(O)(O)CO.[Br-]. The minimum atomic E-state index is -2.26. The zero-order valence-electron chi connectivity index (χ0n) is 5.53. The standard InChI is InChI=1S/C4H11NO4.BrH/c1-3(7)5-4(8,9)2-6;/h3,5-9H,2H2,1H3;1H. The van der Waals surface area contributed by atoms with E-state index in [4.69, 9.17) is 20.4 Å². The first-order valence-electron chi connectivity index (χ1n) is 2.57. The predicted molar refractivity (Wildman–Crippen MR) is 27.9 cm³/mol. The molecule has 0 aliphatic rings. The van der Waals surface area contributed by atoms with Gasteiger partial charge in [0.15, 0.2) is 12.8 Å². The fourth-order valence-corrected chi connectivity index (χ4v) is 0.439. The topological polar surface area (TPSA) is 97.5 Å². The lowest BCUT2D eigenvalue weighted by molar-refractivity contribution is -0.854. The molecule has 1 unspecified atom stereocenters. The number of rotatable bonds is 3. The maximum atomic E-state index is 8.58. The number of aliphatic hydroxyl groups excluding tert-OH is 2. The van der Waals surface area contributed by atoms with E-state index in [9.17, 15) is 0 Å². The first-order valence-corrected chi connectivity index (χ1v) is 2.57. The maximum absolute atomic E-state index is 8.58. The predicted octanol–water partition coefficient (Wildman–Crippen LogP) is -6.48. The molecule has 0 radical (unpaired) electrons. The molecule has 0 rings (SSSR count). The molecule has 0 aliphatic carbocycles. The number of hydrogen-bond donors (Lipinski definition) is 5. The van der Waals surface area contributed by atoms with E-state index in [-0.39, 0.29) is 17.0 Å². The summed E-state index contributed by atoms with van der Waals surface area (Å²) in [4.78, 5) is 0. The Hall–Kier alpha value is 0.280. The van der Waals surface area contributed by atoms with Crippen LogP contribution in [0.4, 0.5) is 0 Å². The molecule has 0 spiro atoms. The summed E-state index contributed by atoms with van der Waals surface area (Å²) in [7, 11) is 0. The Bertz CT molecular complexity index is 87.3. The van der Waals surface area contributed by atoms with Gasteiger partial charge in [0.05, 0.1) is 0 Å². The molecule has 0 saturated carbocycles. The summed E-state index contributed by atoms with van der Waals surface area (Å²) >= 11 is 0. The monoisotopic (exact) mass is 217 g/mol. The van der Waals surface area contributed by atoms with Gasteiger partial charge in [-0.3, -0.25) is 5.32 Å². The molecule has 0 fully saturated rings. The normalized spacial score (nSPS) is 14.1. The average Bonchev–Trinajstić information content (AvgIpc) is 1.63. The lowest BCUT2D eigenvalue weighted by Crippen LogP contribution is -3.02. The summed E-state index contributed by atoms with van der Waals surface area (Å²) in [5, 5.41) is 34.7. The van der Waals surface area contributed by atoms with Crippen LogP contribution in [0.15, 0.2) is 0 Å². The highest BCUT2D eigenvalue weighted by Crippen LogP contribution is 1.80. The molecule has 10 heavy (non-hydrogen) atoms. The second-order valence-corrected chi connectivity index (χ2v) is 1.94. The highest BCUT2D eigenvalue weighted by Gasteiger charge is 2.27. The lowest BCUT2D eigenvalue weighted by Gasteiger charge is -2.17. The Morgan fingerprint density at radius 3 is 2.00 bits per heavy atom. The minimum absolute atomic E-state index is 0. The molecule has 0 aliphatic heterocycles. The van der Waals surface area contributed by atoms with Gasteiger partial charge in [-0.15, -0.1) is 0 Å². The van der Waals surface area contributed by atoms with Gasteiger partial charge in [0, 0.05) is 6.92 Å². The number of nitrogens with two attached hydrogens (primary N) is 1. The third kappa shape index (κ3) is 6.40. The molecule has 5 nitrogen and oxygen atoms in total. The van der Waals surface area contributed by atoms with Gasteiger partial charge < -0.3 is 37.4 Å². The molecule has 0 aromatic rings. The van der Waals surface area contributed by atoms with Crippen molar-refractivity contribution in [2.75, 3.05) is 6.61 Å². The molecule has 64 valence electrons. The van der Waals surface area contributed by atoms with Crippen LogP contribution >= 0.6 is 0 Å². The van der Waals surface area contributed by atoms with Crippen LogP contribution in [0.1, 0.15) is 6.92 Å². The zero-order valence-corrected chi connectivity index (χ0v) is 7.11. The summed E-state index contributed by atoms with van der Waals surface area (Å²) in [6.07, 6.45) is -0.938. The molecule has 6 heteroatoms. The van der Waals surface area contributed by atoms with Crippen LogP contribution in [0.3, 0.4) is 0 Å². The van der Waals surface area contributed by atoms with E-state index in [2.05, 4.69) is 0 Å². The molecule has 0 bridgehead atoms. The minimum Gasteiger partial charge on any atom is -1.00 e. The van der Waals surface area contributed by atoms with Crippen LogP contribution in [0.2, 0.25) is 0 Å². The van der Waals surface area contributed by atoms with E-state index in [1.807, 2.05) is 0 Å². The summed E-state index contributed by atoms with van der Waals surface area (Å²) in [6.45, 7) is 0.550.